The lowest BCUT2D eigenvalue weighted by Crippen LogP contribution is -2.50. The van der Waals surface area contributed by atoms with Gasteiger partial charge in [0, 0.05) is 61.1 Å². The van der Waals surface area contributed by atoms with E-state index >= 15 is 4.39 Å². The Morgan fingerprint density at radius 3 is 2.25 bits per heavy atom. The van der Waals surface area contributed by atoms with Crippen molar-refractivity contribution < 1.29 is 47.2 Å². The zero-order chi connectivity index (χ0) is 44.1. The molecule has 3 heterocycles. The molecule has 0 aliphatic carbocycles. The summed E-state index contributed by atoms with van der Waals surface area (Å²) in [5.74, 6) is -2.08. The van der Waals surface area contributed by atoms with Crippen molar-refractivity contribution in [3.05, 3.63) is 138 Å². The number of anilines is 2. The average Bonchev–Trinajstić information content (AvgIpc) is 3.62. The van der Waals surface area contributed by atoms with Crippen LogP contribution >= 0.6 is 12.4 Å². The molecule has 2 aromatic heterocycles. The van der Waals surface area contributed by atoms with Crippen LogP contribution in [0.2, 0.25) is 0 Å². The molecule has 63 heavy (non-hydrogen) atoms. The molecule has 0 saturated carbocycles. The molecule has 0 radical (unpaired) electrons. The molecule has 1 aliphatic rings. The summed E-state index contributed by atoms with van der Waals surface area (Å²) in [5.41, 5.74) is 3.95. The number of hydrogen-bond acceptors (Lipinski definition) is 17. The summed E-state index contributed by atoms with van der Waals surface area (Å²) in [4.78, 5) is 55.5. The van der Waals surface area contributed by atoms with Crippen LogP contribution in [-0.4, -0.2) is 96.8 Å². The van der Waals surface area contributed by atoms with E-state index in [1.807, 2.05) is 0 Å². The number of esters is 2. The van der Waals surface area contributed by atoms with E-state index in [9.17, 15) is 14.4 Å². The van der Waals surface area contributed by atoms with E-state index in [4.69, 9.17) is 38.8 Å². The first-order chi connectivity index (χ1) is 30.0. The van der Waals surface area contributed by atoms with Gasteiger partial charge < -0.3 is 29.0 Å². The van der Waals surface area contributed by atoms with Gasteiger partial charge in [-0.05, 0) is 74.5 Å². The number of aromatic nitrogens is 3. The Labute approximate surface area is 368 Å². The summed E-state index contributed by atoms with van der Waals surface area (Å²) in [5, 5.41) is 14.0. The number of nitrogens with zero attached hydrogens (tertiary/aromatic N) is 6. The molecule has 0 unspecified atom stereocenters. The van der Waals surface area contributed by atoms with Crippen LogP contribution in [-0.2, 0) is 30.2 Å². The predicted octanol–water partition coefficient (Wildman–Crippen LogP) is 5.61. The fourth-order valence-electron chi connectivity index (χ4n) is 5.86. The normalized spacial score (nSPS) is 13.3. The molecule has 1 atom stereocenters. The van der Waals surface area contributed by atoms with E-state index in [2.05, 4.69) is 25.7 Å². The van der Waals surface area contributed by atoms with Crippen molar-refractivity contribution >= 4 is 53.6 Å². The number of nitrogens with one attached hydrogen (secondary N) is 3. The van der Waals surface area contributed by atoms with Gasteiger partial charge in [-0.25, -0.2) is 24.1 Å². The quantitative estimate of drug-likeness (QED) is 0.0302. The molecule has 3 N–H and O–H groups in total. The number of carbonyl (C=O) groups is 3. The second kappa shape index (κ2) is 22.0. The molecule has 0 spiro atoms. The first-order valence-corrected chi connectivity index (χ1v) is 19.1. The molecule has 6 rings (SSSR count). The Bertz CT molecular complexity index is 2370. The first-order valence-electron chi connectivity index (χ1n) is 19.1. The minimum Gasteiger partial charge on any atom is -0.497 e. The van der Waals surface area contributed by atoms with Crippen LogP contribution in [0.25, 0.3) is 0 Å². The van der Waals surface area contributed by atoms with Gasteiger partial charge in [0.25, 0.3) is 12.3 Å². The lowest BCUT2D eigenvalue weighted by atomic mass is 9.95. The molecule has 0 saturated heterocycles. The molecular weight excluding hydrogens is 841 g/mol. The standard InChI is InChI=1S/C43H44FN9O9.ClH/c1-43(2,26-57-3)40(56)61-27-62-42-49-35(24-31-23-33(58-4)25-34(36(31)44)59-21-22-60-39(55)30-15-19-46-20-16-30)53(52(42)41-47-17-8-18-48-41)51-32-13-11-28(12-14-32)37(45)50-38(54)29-9-6-5-7-10-29;/h5-20,23,25,42,51H,21-22,24,26-27H2,1-4H3,(H2,45,50,54);1H/t42-;/m1./s1. The van der Waals surface area contributed by atoms with E-state index in [-0.39, 0.29) is 73.3 Å². The molecule has 0 fully saturated rings. The summed E-state index contributed by atoms with van der Waals surface area (Å²) < 4.78 is 49.5. The number of rotatable bonds is 19. The highest BCUT2D eigenvalue weighted by Gasteiger charge is 2.39. The molecule has 0 bridgehead atoms. The van der Waals surface area contributed by atoms with Crippen molar-refractivity contribution in [1.82, 2.24) is 25.4 Å². The van der Waals surface area contributed by atoms with Gasteiger partial charge in [-0.2, -0.15) is 10.1 Å². The number of hydrazine groups is 2. The van der Waals surface area contributed by atoms with Crippen molar-refractivity contribution in [3.8, 4) is 11.5 Å². The maximum absolute atomic E-state index is 16.4. The topological polar surface area (TPSA) is 212 Å². The summed E-state index contributed by atoms with van der Waals surface area (Å²) in [6.45, 7) is 2.56. The minimum absolute atomic E-state index is 0. The maximum atomic E-state index is 16.4. The van der Waals surface area contributed by atoms with Gasteiger partial charge in [-0.1, -0.05) is 18.2 Å². The van der Waals surface area contributed by atoms with Crippen molar-refractivity contribution in [1.29, 1.82) is 5.41 Å². The highest BCUT2D eigenvalue weighted by atomic mass is 35.5. The molecule has 1 aliphatic heterocycles. The summed E-state index contributed by atoms with van der Waals surface area (Å²) in [6, 6.07) is 22.6. The van der Waals surface area contributed by atoms with Gasteiger partial charge >= 0.3 is 11.9 Å². The van der Waals surface area contributed by atoms with Gasteiger partial charge in [0.05, 0.1) is 30.4 Å². The number of halogens is 2. The second-order valence-electron chi connectivity index (χ2n) is 14.0. The number of methoxy groups -OCH3 is 2. The second-order valence-corrected chi connectivity index (χ2v) is 14.0. The van der Waals surface area contributed by atoms with Crippen LogP contribution < -0.4 is 25.2 Å². The number of aliphatic imine (C=N–C) groups is 1. The monoisotopic (exact) mass is 885 g/mol. The van der Waals surface area contributed by atoms with E-state index in [0.29, 0.717) is 22.4 Å². The highest BCUT2D eigenvalue weighted by molar-refractivity contribution is 6.11. The smallest absolute Gasteiger partial charge is 0.338 e. The zero-order valence-electron chi connectivity index (χ0n) is 34.6. The molecule has 20 heteroatoms. The van der Waals surface area contributed by atoms with Gasteiger partial charge in [0.15, 0.2) is 24.2 Å². The third-order valence-corrected chi connectivity index (χ3v) is 9.00. The predicted molar refractivity (Wildman–Crippen MR) is 230 cm³/mol. The van der Waals surface area contributed by atoms with E-state index in [0.717, 1.165) is 0 Å². The molecule has 5 aromatic rings. The largest absolute Gasteiger partial charge is 0.497 e. The van der Waals surface area contributed by atoms with Crippen molar-refractivity contribution in [3.63, 3.8) is 0 Å². The Hall–Kier alpha value is -7.22. The van der Waals surface area contributed by atoms with Crippen LogP contribution in [0.5, 0.6) is 11.5 Å². The SMILES string of the molecule is COCC(C)(C)C(=O)OCO[C@@H]1N=C(Cc2cc(OC)cc(OCCOC(=O)c3ccncc3)c2F)N(Nc2ccc(C(=N)NC(=O)c3ccccc3)cc2)N1c1ncccn1.Cl. The van der Waals surface area contributed by atoms with Gasteiger partial charge in [0.2, 0.25) is 5.95 Å². The number of hydrogen-bond donors (Lipinski definition) is 3. The summed E-state index contributed by atoms with van der Waals surface area (Å²) in [6.07, 6.45) is 4.50. The number of carbonyl (C=O) groups excluding carboxylic acids is 3. The fourth-order valence-corrected chi connectivity index (χ4v) is 5.86. The Morgan fingerprint density at radius 1 is 0.857 bits per heavy atom. The van der Waals surface area contributed by atoms with Crippen LogP contribution in [0.15, 0.2) is 115 Å². The molecular formula is C43H45ClFN9O9. The maximum Gasteiger partial charge on any atom is 0.338 e. The van der Waals surface area contributed by atoms with E-state index < -0.39 is 42.2 Å². The number of benzene rings is 3. The lowest BCUT2D eigenvalue weighted by molar-refractivity contribution is -0.173. The van der Waals surface area contributed by atoms with Gasteiger partial charge in [-0.3, -0.25) is 30.1 Å². The van der Waals surface area contributed by atoms with Crippen molar-refractivity contribution in [2.45, 2.75) is 26.6 Å². The summed E-state index contributed by atoms with van der Waals surface area (Å²) in [7, 11) is 2.89. The van der Waals surface area contributed by atoms with Gasteiger partial charge in [0.1, 0.15) is 24.8 Å². The zero-order valence-corrected chi connectivity index (χ0v) is 35.5. The Morgan fingerprint density at radius 2 is 1.57 bits per heavy atom. The Balaban J connectivity index is 0.00000748. The van der Waals surface area contributed by atoms with Crippen molar-refractivity contribution in [2.75, 3.05) is 51.3 Å². The number of amidine groups is 2. The Kier molecular flexibility index (Phi) is 16.4. The molecule has 1 amide bonds. The first kappa shape index (κ1) is 46.8. The number of amides is 1. The number of ether oxygens (including phenoxy) is 6. The highest BCUT2D eigenvalue weighted by Crippen LogP contribution is 2.31. The molecule has 3 aromatic carbocycles. The van der Waals surface area contributed by atoms with Crippen LogP contribution in [0.1, 0.15) is 45.7 Å². The average molecular weight is 886 g/mol. The summed E-state index contributed by atoms with van der Waals surface area (Å²) >= 11 is 0. The van der Waals surface area contributed by atoms with E-state index in [1.165, 1.54) is 73.4 Å². The fraction of sp³-hybridized carbons (Fsp3) is 0.256. The lowest BCUT2D eigenvalue weighted by Gasteiger charge is -2.33. The third kappa shape index (κ3) is 12.2. The van der Waals surface area contributed by atoms with Crippen LogP contribution in [0.4, 0.5) is 16.0 Å². The molecule has 330 valence electrons. The third-order valence-electron chi connectivity index (χ3n) is 9.00. The van der Waals surface area contributed by atoms with Crippen molar-refractivity contribution in [2.24, 2.45) is 10.4 Å². The van der Waals surface area contributed by atoms with Crippen LogP contribution in [0.3, 0.4) is 0 Å². The van der Waals surface area contributed by atoms with Gasteiger partial charge in [-0.15, -0.1) is 12.4 Å². The molecule has 18 nitrogen and oxygen atoms in total. The minimum atomic E-state index is -1.25. The van der Waals surface area contributed by atoms with Crippen LogP contribution in [0, 0.1) is 16.6 Å². The van der Waals surface area contributed by atoms with E-state index in [1.54, 1.807) is 74.5 Å². The number of pyridine rings is 1.